The minimum absolute atomic E-state index is 0.476. The molecule has 0 saturated carbocycles. The van der Waals surface area contributed by atoms with Crippen LogP contribution < -0.4 is 10.8 Å². The fourth-order valence-electron chi connectivity index (χ4n) is 3.99. The highest BCUT2D eigenvalue weighted by molar-refractivity contribution is 7.80. The molecule has 0 spiro atoms. The number of H-pyrrole nitrogens is 3. The van der Waals surface area contributed by atoms with Crippen LogP contribution in [0.4, 0.5) is 17.5 Å². The van der Waals surface area contributed by atoms with Crippen LogP contribution >= 0.6 is 25.3 Å². The number of anilines is 2. The van der Waals surface area contributed by atoms with E-state index in [1.807, 2.05) is 48.9 Å². The zero-order chi connectivity index (χ0) is 24.5. The number of aromatic nitrogens is 7. The van der Waals surface area contributed by atoms with Crippen molar-refractivity contribution in [3.63, 3.8) is 0 Å². The van der Waals surface area contributed by atoms with Gasteiger partial charge in [-0.05, 0) is 11.6 Å². The third kappa shape index (κ3) is 4.04. The van der Waals surface area contributed by atoms with Crippen molar-refractivity contribution < 1.29 is 0 Å². The predicted molar refractivity (Wildman–Crippen MR) is 145 cm³/mol. The summed E-state index contributed by atoms with van der Waals surface area (Å²) in [7, 11) is 0. The van der Waals surface area contributed by atoms with Crippen LogP contribution in [0.3, 0.4) is 0 Å². The second-order valence-corrected chi connectivity index (χ2v) is 8.79. The van der Waals surface area contributed by atoms with Gasteiger partial charge in [0, 0.05) is 63.3 Å². The Bertz CT molecular complexity index is 1740. The first-order valence-electron chi connectivity index (χ1n) is 11.0. The smallest absolute Gasteiger partial charge is 0.165 e. The Morgan fingerprint density at radius 1 is 0.750 bits per heavy atom. The third-order valence-electron chi connectivity index (χ3n) is 5.62. The molecular formula is C25H19N9S2. The number of nitrogens with zero attached hydrogens (tertiary/aromatic N) is 5. The molecule has 36 heavy (non-hydrogen) atoms. The van der Waals surface area contributed by atoms with Gasteiger partial charge in [0.25, 0.3) is 0 Å². The number of nitrogens with one attached hydrogen (secondary N) is 4. The molecule has 0 radical (unpaired) electrons. The highest BCUT2D eigenvalue weighted by atomic mass is 32.1. The lowest BCUT2D eigenvalue weighted by atomic mass is 10.1. The molecule has 5 aromatic heterocycles. The maximum atomic E-state index is 4.79. The molecule has 0 saturated heterocycles. The third-order valence-corrected chi connectivity index (χ3v) is 6.32. The van der Waals surface area contributed by atoms with E-state index >= 15 is 0 Å². The summed E-state index contributed by atoms with van der Waals surface area (Å²) in [6.07, 6.45) is 12.1. The average Bonchev–Trinajstić information content (AvgIpc) is 3.60. The summed E-state index contributed by atoms with van der Waals surface area (Å²) in [5, 5.41) is 5.01. The largest absolute Gasteiger partial charge is 0.366 e. The van der Waals surface area contributed by atoms with Crippen molar-refractivity contribution in [2.24, 2.45) is 4.99 Å². The van der Waals surface area contributed by atoms with Gasteiger partial charge in [-0.15, -0.1) is 25.3 Å². The normalized spacial score (nSPS) is 11.8. The van der Waals surface area contributed by atoms with Crippen LogP contribution in [-0.2, 0) is 0 Å². The van der Waals surface area contributed by atoms with Gasteiger partial charge in [-0.25, -0.2) is 24.9 Å². The van der Waals surface area contributed by atoms with E-state index in [1.54, 1.807) is 24.7 Å². The van der Waals surface area contributed by atoms with E-state index in [2.05, 4.69) is 65.5 Å². The maximum Gasteiger partial charge on any atom is 0.165 e. The Morgan fingerprint density at radius 3 is 2.33 bits per heavy atom. The highest BCUT2D eigenvalue weighted by Gasteiger charge is 2.16. The Kier molecular flexibility index (Phi) is 5.76. The van der Waals surface area contributed by atoms with E-state index < -0.39 is 0 Å². The monoisotopic (exact) mass is 509 g/mol. The lowest BCUT2D eigenvalue weighted by Gasteiger charge is -2.08. The molecule has 11 heteroatoms. The molecular weight excluding hydrogens is 490 g/mol. The summed E-state index contributed by atoms with van der Waals surface area (Å²) < 4.78 is 0. The number of thiol groups is 2. The Morgan fingerprint density at radius 2 is 1.50 bits per heavy atom. The summed E-state index contributed by atoms with van der Waals surface area (Å²) in [5.41, 5.74) is 3.16. The quantitative estimate of drug-likeness (QED) is 0.176. The van der Waals surface area contributed by atoms with Gasteiger partial charge in [0.05, 0.1) is 5.56 Å². The molecule has 4 N–H and O–H groups in total. The number of hydrogen-bond acceptors (Lipinski definition) is 8. The second kappa shape index (κ2) is 9.36. The van der Waals surface area contributed by atoms with Gasteiger partial charge in [0.1, 0.15) is 23.8 Å². The maximum absolute atomic E-state index is 4.79. The van der Waals surface area contributed by atoms with Gasteiger partial charge in [-0.1, -0.05) is 30.3 Å². The van der Waals surface area contributed by atoms with Gasteiger partial charge < -0.3 is 20.3 Å². The van der Waals surface area contributed by atoms with E-state index in [0.717, 1.165) is 32.6 Å². The number of aromatic amines is 3. The highest BCUT2D eigenvalue weighted by Crippen LogP contribution is 2.36. The van der Waals surface area contributed by atoms with E-state index in [-0.39, 0.29) is 0 Å². The SMILES string of the molecule is Sc1c[nH]c(/N=c2\ncnc(Nc3[nH]cc(S)c3-c3ccccc3)c3c[nH]cc23)c1-c1ncccn1. The van der Waals surface area contributed by atoms with Crippen LogP contribution in [0.1, 0.15) is 0 Å². The molecule has 5 heterocycles. The lowest BCUT2D eigenvalue weighted by Crippen LogP contribution is -2.04. The zero-order valence-corrected chi connectivity index (χ0v) is 20.4. The van der Waals surface area contributed by atoms with Crippen molar-refractivity contribution in [2.45, 2.75) is 9.79 Å². The molecule has 0 aliphatic rings. The molecule has 0 amide bonds. The lowest BCUT2D eigenvalue weighted by molar-refractivity contribution is 1.11. The molecule has 0 fully saturated rings. The molecule has 176 valence electrons. The molecule has 0 bridgehead atoms. The van der Waals surface area contributed by atoms with Crippen molar-refractivity contribution in [3.8, 4) is 22.5 Å². The van der Waals surface area contributed by atoms with E-state index in [1.165, 1.54) is 6.33 Å². The fraction of sp³-hybridized carbons (Fsp3) is 0. The van der Waals surface area contributed by atoms with Crippen LogP contribution in [0, 0.1) is 0 Å². The van der Waals surface area contributed by atoms with Crippen molar-refractivity contribution >= 4 is 53.5 Å². The topological polar surface area (TPSA) is 123 Å². The van der Waals surface area contributed by atoms with E-state index in [9.17, 15) is 0 Å². The standard InChI is InChI=1S/C25H19N9S2/c35-17-11-29-24(19(17)14-5-2-1-3-6-14)33-21-15-9-26-10-16(15)22(32-13-31-21)34-25-20(18(36)12-30-25)23-27-7-4-8-28-23/h1-13,26,29-30,35-36H,(H,31,32,33,34). The molecule has 6 aromatic rings. The molecule has 0 atom stereocenters. The summed E-state index contributed by atoms with van der Waals surface area (Å²) in [6.45, 7) is 0. The molecule has 9 nitrogen and oxygen atoms in total. The first-order chi connectivity index (χ1) is 17.7. The second-order valence-electron chi connectivity index (χ2n) is 7.83. The van der Waals surface area contributed by atoms with Gasteiger partial charge in [-0.3, -0.25) is 0 Å². The average molecular weight is 510 g/mol. The molecule has 0 aliphatic carbocycles. The molecule has 1 aromatic carbocycles. The number of rotatable bonds is 5. The molecule has 6 rings (SSSR count). The van der Waals surface area contributed by atoms with Crippen molar-refractivity contribution in [1.82, 2.24) is 34.9 Å². The first-order valence-corrected chi connectivity index (χ1v) is 11.9. The molecule has 0 unspecified atom stereocenters. The van der Waals surface area contributed by atoms with Crippen molar-refractivity contribution in [2.75, 3.05) is 5.32 Å². The Balaban J connectivity index is 1.46. The van der Waals surface area contributed by atoms with E-state index in [0.29, 0.717) is 33.4 Å². The Hall–Kier alpha value is -4.35. The number of benzene rings is 1. The minimum Gasteiger partial charge on any atom is -0.366 e. The van der Waals surface area contributed by atoms with Crippen LogP contribution in [0.25, 0.3) is 33.3 Å². The summed E-state index contributed by atoms with van der Waals surface area (Å²) in [6, 6.07) is 11.8. The predicted octanol–water partition coefficient (Wildman–Crippen LogP) is 5.29. The first kappa shape index (κ1) is 22.1. The Labute approximate surface area is 216 Å². The summed E-state index contributed by atoms with van der Waals surface area (Å²) in [5.74, 6) is 2.47. The number of hydrogen-bond donors (Lipinski definition) is 6. The van der Waals surface area contributed by atoms with Crippen molar-refractivity contribution in [3.05, 3.63) is 85.4 Å². The summed E-state index contributed by atoms with van der Waals surface area (Å²) in [4.78, 5) is 33.7. The van der Waals surface area contributed by atoms with Crippen molar-refractivity contribution in [1.29, 1.82) is 0 Å². The summed E-state index contributed by atoms with van der Waals surface area (Å²) >= 11 is 9.20. The van der Waals surface area contributed by atoms with Gasteiger partial charge in [-0.2, -0.15) is 0 Å². The van der Waals surface area contributed by atoms with Crippen LogP contribution in [0.5, 0.6) is 0 Å². The van der Waals surface area contributed by atoms with Crippen LogP contribution in [0.15, 0.2) is 94.7 Å². The van der Waals surface area contributed by atoms with Gasteiger partial charge >= 0.3 is 0 Å². The minimum atomic E-state index is 0.476. The fourth-order valence-corrected chi connectivity index (χ4v) is 4.56. The number of fused-ring (bicyclic) bond motifs is 1. The molecule has 0 aliphatic heterocycles. The van der Waals surface area contributed by atoms with Gasteiger partial charge in [0.15, 0.2) is 11.3 Å². The van der Waals surface area contributed by atoms with Crippen LogP contribution in [-0.4, -0.2) is 34.9 Å². The van der Waals surface area contributed by atoms with Gasteiger partial charge in [0.2, 0.25) is 0 Å². The zero-order valence-electron chi connectivity index (χ0n) is 18.6. The van der Waals surface area contributed by atoms with Crippen LogP contribution in [0.2, 0.25) is 0 Å². The van der Waals surface area contributed by atoms with E-state index in [4.69, 9.17) is 4.99 Å².